The number of aliphatic hydroxyl groups is 1. The highest BCUT2D eigenvalue weighted by Crippen LogP contribution is 2.39. The molecule has 3 aliphatic rings. The number of hydrogen-bond acceptors (Lipinski definition) is 10. The number of benzene rings is 3. The van der Waals surface area contributed by atoms with Gasteiger partial charge in [0.25, 0.3) is 5.91 Å². The Morgan fingerprint density at radius 3 is 2.59 bits per heavy atom. The van der Waals surface area contributed by atoms with E-state index < -0.39 is 23.3 Å². The number of carbonyl (C=O) groups is 1. The Morgan fingerprint density at radius 2 is 1.84 bits per heavy atom. The molecule has 2 aliphatic heterocycles. The fraction of sp³-hybridized carbons (Fsp3) is 0.412. The molecule has 10 rings (SSSR count). The molecule has 4 aromatic heterocycles. The van der Waals surface area contributed by atoms with Crippen molar-refractivity contribution in [1.82, 2.24) is 38.5 Å². The number of aromatic amines is 1. The maximum atomic E-state index is 16.1. The van der Waals surface area contributed by atoms with Crippen LogP contribution < -0.4 is 17.2 Å². The molecule has 1 fully saturated rings. The normalized spacial score (nSPS) is 18.7. The second kappa shape index (κ2) is 18.9. The van der Waals surface area contributed by atoms with Crippen LogP contribution in [0.5, 0.6) is 0 Å². The number of aliphatic imine (C=N–C) groups is 1. The third-order valence-corrected chi connectivity index (χ3v) is 13.7. The first-order valence-electron chi connectivity index (χ1n) is 23.6. The summed E-state index contributed by atoms with van der Waals surface area (Å²) in [6.45, 7) is 11.4. The second-order valence-electron chi connectivity index (χ2n) is 19.0. The summed E-state index contributed by atoms with van der Waals surface area (Å²) in [6.07, 6.45) is 8.76. The number of aromatic nitrogens is 7. The zero-order valence-corrected chi connectivity index (χ0v) is 39.8. The number of rotatable bonds is 9. The summed E-state index contributed by atoms with van der Waals surface area (Å²) in [5, 5.41) is 16.8. The molecule has 1 saturated heterocycles. The van der Waals surface area contributed by atoms with Gasteiger partial charge in [-0.05, 0) is 131 Å². The van der Waals surface area contributed by atoms with E-state index in [1.165, 1.54) is 45.4 Å². The van der Waals surface area contributed by atoms with E-state index in [0.29, 0.717) is 72.0 Å². The molecule has 1 aliphatic carbocycles. The minimum absolute atomic E-state index is 0. The molecule has 0 saturated carbocycles. The molecule has 4 N–H and O–H groups in total. The van der Waals surface area contributed by atoms with Crippen LogP contribution in [0.2, 0.25) is 0 Å². The van der Waals surface area contributed by atoms with Crippen molar-refractivity contribution in [1.29, 1.82) is 0 Å². The minimum Gasteiger partial charge on any atom is -0.402 e. The lowest BCUT2D eigenvalue weighted by atomic mass is 9.83. The second-order valence-corrected chi connectivity index (χ2v) is 19.0. The van der Waals surface area contributed by atoms with Gasteiger partial charge in [-0.1, -0.05) is 18.1 Å². The number of aliphatic hydroxyl groups excluding tert-OH is 1. The molecule has 364 valence electrons. The van der Waals surface area contributed by atoms with Gasteiger partial charge in [-0.3, -0.25) is 28.1 Å². The number of nitrogens with one attached hydrogen (secondary N) is 1. The number of nitrogens with two attached hydrogens (primary N) is 1. The Bertz CT molecular complexity index is 3280. The maximum absolute atomic E-state index is 16.1. The summed E-state index contributed by atoms with van der Waals surface area (Å²) in [6, 6.07) is 13.9. The predicted molar refractivity (Wildman–Crippen MR) is 260 cm³/mol. The number of carbonyl (C=O) groups excluding carboxylic acids is 1. The number of amides is 1. The molecular formula is C51H60F2N10O6. The van der Waals surface area contributed by atoms with Crippen LogP contribution in [0.1, 0.15) is 101 Å². The van der Waals surface area contributed by atoms with Crippen molar-refractivity contribution < 1.29 is 29.4 Å². The first kappa shape index (κ1) is 47.2. The van der Waals surface area contributed by atoms with Crippen molar-refractivity contribution in [2.24, 2.45) is 23.7 Å². The zero-order valence-electron chi connectivity index (χ0n) is 39.8. The molecule has 7 aromatic rings. The lowest BCUT2D eigenvalue weighted by Crippen LogP contribution is -2.48. The van der Waals surface area contributed by atoms with Crippen molar-refractivity contribution in [2.75, 3.05) is 19.8 Å². The Morgan fingerprint density at radius 1 is 1.07 bits per heavy atom. The SMILES string of the molecule is CC(Cc1noc(=O)[nH]1)Cn1c(C(=O)N2CCC(N)=C(C(=Nc3ccc(F)c4c3CCC4)n3ccn(-c4ccc5c(cnn5C)c4F)c3=O)C2C)cc2cc(C3CCOC(C)(C)C3)ccc21.CCO.[HH]. The van der Waals surface area contributed by atoms with Crippen LogP contribution in [0.3, 0.4) is 0 Å². The summed E-state index contributed by atoms with van der Waals surface area (Å²) in [5.41, 5.74) is 11.9. The van der Waals surface area contributed by atoms with E-state index in [1.807, 2.05) is 24.5 Å². The van der Waals surface area contributed by atoms with Gasteiger partial charge in [0, 0.05) is 82.2 Å². The summed E-state index contributed by atoms with van der Waals surface area (Å²) < 4.78 is 48.2. The van der Waals surface area contributed by atoms with Crippen LogP contribution >= 0.6 is 0 Å². The van der Waals surface area contributed by atoms with Crippen LogP contribution in [-0.2, 0) is 37.6 Å². The number of ether oxygens (including phenoxy) is 1. The highest BCUT2D eigenvalue weighted by molar-refractivity contribution is 6.05. The van der Waals surface area contributed by atoms with Gasteiger partial charge in [0.05, 0.1) is 40.1 Å². The molecule has 18 heteroatoms. The molecule has 3 unspecified atom stereocenters. The smallest absolute Gasteiger partial charge is 0.402 e. The van der Waals surface area contributed by atoms with Crippen molar-refractivity contribution in [3.05, 3.63) is 139 Å². The van der Waals surface area contributed by atoms with E-state index >= 15 is 13.6 Å². The van der Waals surface area contributed by atoms with Crippen LogP contribution in [0, 0.1) is 17.6 Å². The molecular weight excluding hydrogens is 887 g/mol. The molecule has 16 nitrogen and oxygen atoms in total. The van der Waals surface area contributed by atoms with E-state index in [-0.39, 0.29) is 67.1 Å². The molecule has 6 heterocycles. The van der Waals surface area contributed by atoms with Crippen molar-refractivity contribution in [3.63, 3.8) is 0 Å². The Balaban J connectivity index is 0.00000161. The highest BCUT2D eigenvalue weighted by atomic mass is 19.1. The Hall–Kier alpha value is -6.92. The average molecular weight is 947 g/mol. The number of aryl methyl sites for hydroxylation is 1. The molecule has 0 spiro atoms. The zero-order chi connectivity index (χ0) is 48.9. The predicted octanol–water partition coefficient (Wildman–Crippen LogP) is 7.45. The average Bonchev–Trinajstić information content (AvgIpc) is 4.17. The lowest BCUT2D eigenvalue weighted by molar-refractivity contribution is -0.0592. The van der Waals surface area contributed by atoms with Gasteiger partial charge in [0.1, 0.15) is 17.3 Å². The minimum atomic E-state index is -0.707. The van der Waals surface area contributed by atoms with Gasteiger partial charge >= 0.3 is 11.4 Å². The number of nitrogens with zero attached hydrogens (tertiary/aromatic N) is 8. The Kier molecular flexibility index (Phi) is 12.9. The van der Waals surface area contributed by atoms with E-state index in [1.54, 1.807) is 35.7 Å². The molecule has 1 amide bonds. The van der Waals surface area contributed by atoms with Crippen LogP contribution in [0.25, 0.3) is 27.5 Å². The van der Waals surface area contributed by atoms with Crippen molar-refractivity contribution in [2.45, 2.75) is 104 Å². The van der Waals surface area contributed by atoms with Crippen LogP contribution in [0.15, 0.2) is 97.5 Å². The summed E-state index contributed by atoms with van der Waals surface area (Å²) in [7, 11) is 1.71. The van der Waals surface area contributed by atoms with E-state index in [9.17, 15) is 9.59 Å². The van der Waals surface area contributed by atoms with Gasteiger partial charge in [0.15, 0.2) is 11.6 Å². The lowest BCUT2D eigenvalue weighted by Gasteiger charge is -2.36. The van der Waals surface area contributed by atoms with Gasteiger partial charge in [-0.2, -0.15) is 5.10 Å². The topological polar surface area (TPSA) is 197 Å². The first-order valence-corrected chi connectivity index (χ1v) is 23.6. The molecule has 69 heavy (non-hydrogen) atoms. The molecule has 3 aromatic carbocycles. The number of halogens is 2. The number of H-pyrrole nitrogens is 1. The maximum Gasteiger partial charge on any atom is 0.438 e. The third-order valence-electron chi connectivity index (χ3n) is 13.7. The number of imidazole rings is 1. The largest absolute Gasteiger partial charge is 0.438 e. The quantitative estimate of drug-likeness (QED) is 0.0973. The van der Waals surface area contributed by atoms with Gasteiger partial charge in [-0.25, -0.2) is 23.4 Å². The summed E-state index contributed by atoms with van der Waals surface area (Å²) in [5.74, 6) is -1.02. The van der Waals surface area contributed by atoms with E-state index in [0.717, 1.165) is 35.7 Å². The highest BCUT2D eigenvalue weighted by Gasteiger charge is 2.36. The third kappa shape index (κ3) is 8.98. The number of fused-ring (bicyclic) bond motifs is 3. The standard InChI is InChI=1S/C49H52F2N10O5.C2H6O.H2/c1-27(21-42-55-47(63)66-56-42)26-61-38-12-9-29(30-16-20-65-49(3,4)24-30)22-31(38)23-41(61)46(62)58-17-15-36(52)43(28(58)2)45(54-37-11-10-35(50)32-7-6-8-33(32)37)60-19-18-59(48(60)64)40-14-13-39-34(44(40)51)25-53-57(39)5;1-2-3;/h9-14,18-19,22-23,25,27-28,30H,6-8,15-17,20-21,24,26,52H2,1-5H3,(H,55,56,63);3H,2H2,1H3;1H. The monoisotopic (exact) mass is 946 g/mol. The number of hydrogen-bond donors (Lipinski definition) is 3. The molecule has 0 radical (unpaired) electrons. The fourth-order valence-electron chi connectivity index (χ4n) is 10.4. The summed E-state index contributed by atoms with van der Waals surface area (Å²) in [4.78, 5) is 51.3. The van der Waals surface area contributed by atoms with E-state index in [4.69, 9.17) is 25.1 Å². The van der Waals surface area contributed by atoms with Crippen LogP contribution in [-0.4, -0.2) is 86.8 Å². The van der Waals surface area contributed by atoms with Crippen molar-refractivity contribution in [3.8, 4) is 5.69 Å². The molecule has 0 bridgehead atoms. The van der Waals surface area contributed by atoms with Crippen molar-refractivity contribution >= 4 is 39.2 Å². The van der Waals surface area contributed by atoms with Gasteiger partial charge in [-0.15, -0.1) is 0 Å². The van der Waals surface area contributed by atoms with Gasteiger partial charge in [0.2, 0.25) is 0 Å². The summed E-state index contributed by atoms with van der Waals surface area (Å²) >= 11 is 0. The first-order chi connectivity index (χ1) is 33.1. The molecule has 3 atom stereocenters. The van der Waals surface area contributed by atoms with E-state index in [2.05, 4.69) is 47.3 Å². The van der Waals surface area contributed by atoms with Crippen LogP contribution in [0.4, 0.5) is 14.5 Å². The fourth-order valence-corrected chi connectivity index (χ4v) is 10.4. The Labute approximate surface area is 398 Å². The van der Waals surface area contributed by atoms with Gasteiger partial charge < -0.3 is 25.0 Å².